The first-order chi connectivity index (χ1) is 15.7. The van der Waals surface area contributed by atoms with E-state index in [-0.39, 0.29) is 29.0 Å². The van der Waals surface area contributed by atoms with Crippen molar-refractivity contribution in [2.75, 3.05) is 45.2 Å². The van der Waals surface area contributed by atoms with Crippen molar-refractivity contribution in [3.05, 3.63) is 53.8 Å². The van der Waals surface area contributed by atoms with Crippen molar-refractivity contribution < 1.29 is 17.6 Å². The molecule has 0 atom stereocenters. The zero-order valence-corrected chi connectivity index (χ0v) is 22.1. The average molecular weight is 529 g/mol. The van der Waals surface area contributed by atoms with Crippen LogP contribution in [0.4, 0.5) is 9.52 Å². The van der Waals surface area contributed by atoms with Gasteiger partial charge in [0.05, 0.1) is 15.1 Å². The number of hydrogen-bond acceptors (Lipinski definition) is 6. The minimum Gasteiger partial charge on any atom is -0.309 e. The highest BCUT2D eigenvalue weighted by Crippen LogP contribution is 2.30. The summed E-state index contributed by atoms with van der Waals surface area (Å²) in [5.41, 5.74) is 0.992. The Hall–Kier alpha value is -2.11. The van der Waals surface area contributed by atoms with Gasteiger partial charge < -0.3 is 4.90 Å². The SMILES string of the molecule is CCN(CC)S(=O)(=O)c1ccc(C(=O)N(CCCN(C)C)c2nc3ccc(F)cc3s2)cc1.Cl. The summed E-state index contributed by atoms with van der Waals surface area (Å²) in [6.45, 7) is 5.53. The van der Waals surface area contributed by atoms with Gasteiger partial charge in [-0.25, -0.2) is 17.8 Å². The lowest BCUT2D eigenvalue weighted by molar-refractivity contribution is 0.0986. The zero-order chi connectivity index (χ0) is 24.2. The van der Waals surface area contributed by atoms with E-state index in [1.807, 2.05) is 19.0 Å². The van der Waals surface area contributed by atoms with Crippen LogP contribution in [-0.2, 0) is 10.0 Å². The van der Waals surface area contributed by atoms with Crippen LogP contribution in [0.25, 0.3) is 10.2 Å². The molecule has 0 saturated carbocycles. The highest BCUT2D eigenvalue weighted by molar-refractivity contribution is 7.89. The van der Waals surface area contributed by atoms with Crippen molar-refractivity contribution in [1.82, 2.24) is 14.2 Å². The summed E-state index contributed by atoms with van der Waals surface area (Å²) >= 11 is 1.26. The van der Waals surface area contributed by atoms with Crippen molar-refractivity contribution in [3.63, 3.8) is 0 Å². The molecule has 2 aromatic carbocycles. The summed E-state index contributed by atoms with van der Waals surface area (Å²) in [7, 11) is 0.316. The summed E-state index contributed by atoms with van der Waals surface area (Å²) < 4.78 is 41.2. The minimum absolute atomic E-state index is 0. The first-order valence-electron chi connectivity index (χ1n) is 10.8. The van der Waals surface area contributed by atoms with Gasteiger partial charge in [0.25, 0.3) is 5.91 Å². The van der Waals surface area contributed by atoms with Crippen LogP contribution >= 0.6 is 23.7 Å². The predicted octanol–water partition coefficient (Wildman–Crippen LogP) is 4.49. The van der Waals surface area contributed by atoms with Crippen LogP contribution in [0.3, 0.4) is 0 Å². The molecule has 0 radical (unpaired) electrons. The average Bonchev–Trinajstić information content (AvgIpc) is 3.19. The van der Waals surface area contributed by atoms with E-state index in [4.69, 9.17) is 0 Å². The Morgan fingerprint density at radius 2 is 1.68 bits per heavy atom. The molecule has 34 heavy (non-hydrogen) atoms. The molecule has 3 aromatic rings. The van der Waals surface area contributed by atoms with Crippen molar-refractivity contribution in [2.24, 2.45) is 0 Å². The fourth-order valence-electron chi connectivity index (χ4n) is 3.47. The fourth-order valence-corrected chi connectivity index (χ4v) is 5.94. The number of nitrogens with zero attached hydrogens (tertiary/aromatic N) is 4. The summed E-state index contributed by atoms with van der Waals surface area (Å²) in [4.78, 5) is 21.7. The number of carbonyl (C=O) groups is 1. The van der Waals surface area contributed by atoms with Crippen LogP contribution < -0.4 is 4.90 Å². The van der Waals surface area contributed by atoms with Crippen LogP contribution in [-0.4, -0.2) is 68.8 Å². The Kier molecular flexibility index (Phi) is 9.96. The molecule has 1 heterocycles. The van der Waals surface area contributed by atoms with Gasteiger partial charge >= 0.3 is 0 Å². The Morgan fingerprint density at radius 1 is 1.03 bits per heavy atom. The number of aromatic nitrogens is 1. The van der Waals surface area contributed by atoms with Gasteiger partial charge in [0.2, 0.25) is 10.0 Å². The molecule has 0 unspecified atom stereocenters. The van der Waals surface area contributed by atoms with Crippen molar-refractivity contribution in [1.29, 1.82) is 0 Å². The molecule has 0 aliphatic heterocycles. The molecule has 0 bridgehead atoms. The molecule has 0 aliphatic carbocycles. The second-order valence-corrected chi connectivity index (χ2v) is 10.8. The molecule has 0 spiro atoms. The third-order valence-corrected chi connectivity index (χ3v) is 8.35. The van der Waals surface area contributed by atoms with E-state index in [0.717, 1.165) is 13.0 Å². The van der Waals surface area contributed by atoms with Crippen LogP contribution in [0.1, 0.15) is 30.6 Å². The third-order valence-electron chi connectivity index (χ3n) is 5.25. The van der Waals surface area contributed by atoms with E-state index in [2.05, 4.69) is 4.98 Å². The predicted molar refractivity (Wildman–Crippen MR) is 138 cm³/mol. The van der Waals surface area contributed by atoms with Gasteiger partial charge in [0, 0.05) is 25.2 Å². The summed E-state index contributed by atoms with van der Waals surface area (Å²) in [5, 5.41) is 0.485. The summed E-state index contributed by atoms with van der Waals surface area (Å²) in [5.74, 6) is -0.631. The van der Waals surface area contributed by atoms with Crippen LogP contribution in [0.2, 0.25) is 0 Å². The molecular formula is C23H30ClFN4O3S2. The van der Waals surface area contributed by atoms with Crippen LogP contribution in [0, 0.1) is 5.82 Å². The summed E-state index contributed by atoms with van der Waals surface area (Å²) in [6, 6.07) is 10.3. The number of fused-ring (bicyclic) bond motifs is 1. The molecule has 0 saturated heterocycles. The van der Waals surface area contributed by atoms with E-state index in [9.17, 15) is 17.6 Å². The minimum atomic E-state index is -3.60. The number of hydrogen-bond donors (Lipinski definition) is 0. The standard InChI is InChI=1S/C23H29FN4O3S2.ClH/c1-5-27(6-2)33(30,31)19-11-8-17(9-12-19)22(29)28(15-7-14-26(3)4)23-25-20-13-10-18(24)16-21(20)32-23;/h8-13,16H,5-7,14-15H2,1-4H3;1H. The monoisotopic (exact) mass is 528 g/mol. The molecule has 11 heteroatoms. The molecular weight excluding hydrogens is 499 g/mol. The Bertz CT molecular complexity index is 1210. The Balaban J connectivity index is 0.00000408. The van der Waals surface area contributed by atoms with E-state index >= 15 is 0 Å². The topological polar surface area (TPSA) is 73.8 Å². The van der Waals surface area contributed by atoms with E-state index in [1.165, 1.54) is 52.0 Å². The smallest absolute Gasteiger partial charge is 0.260 e. The van der Waals surface area contributed by atoms with Gasteiger partial charge in [-0.2, -0.15) is 4.31 Å². The molecule has 0 N–H and O–H groups in total. The molecule has 1 amide bonds. The van der Waals surface area contributed by atoms with Gasteiger partial charge in [-0.05, 0) is 69.5 Å². The van der Waals surface area contributed by atoms with Gasteiger partial charge in [-0.1, -0.05) is 25.2 Å². The Morgan fingerprint density at radius 3 is 2.26 bits per heavy atom. The van der Waals surface area contributed by atoms with Crippen molar-refractivity contribution in [3.8, 4) is 0 Å². The number of rotatable bonds is 10. The van der Waals surface area contributed by atoms with Gasteiger partial charge in [-0.15, -0.1) is 12.4 Å². The molecule has 1 aromatic heterocycles. The highest BCUT2D eigenvalue weighted by atomic mass is 35.5. The first-order valence-corrected chi connectivity index (χ1v) is 13.1. The lowest BCUT2D eigenvalue weighted by Crippen LogP contribution is -2.33. The second kappa shape index (κ2) is 12.0. The Labute approximate surface area is 210 Å². The first kappa shape index (κ1) is 28.1. The molecule has 3 rings (SSSR count). The highest BCUT2D eigenvalue weighted by Gasteiger charge is 2.24. The number of carbonyl (C=O) groups excluding carboxylic acids is 1. The van der Waals surface area contributed by atoms with Gasteiger partial charge in [-0.3, -0.25) is 9.69 Å². The normalized spacial score (nSPS) is 11.7. The van der Waals surface area contributed by atoms with E-state index < -0.39 is 10.0 Å². The third kappa shape index (κ3) is 6.31. The van der Waals surface area contributed by atoms with E-state index in [1.54, 1.807) is 24.8 Å². The maximum absolute atomic E-state index is 13.6. The number of anilines is 1. The van der Waals surface area contributed by atoms with Crippen molar-refractivity contribution in [2.45, 2.75) is 25.2 Å². The number of benzene rings is 2. The van der Waals surface area contributed by atoms with Gasteiger partial charge in [0.15, 0.2) is 5.13 Å². The van der Waals surface area contributed by atoms with Crippen LogP contribution in [0.5, 0.6) is 0 Å². The largest absolute Gasteiger partial charge is 0.309 e. The molecule has 0 fully saturated rings. The maximum atomic E-state index is 13.6. The van der Waals surface area contributed by atoms with Crippen LogP contribution in [0.15, 0.2) is 47.4 Å². The number of halogens is 2. The zero-order valence-electron chi connectivity index (χ0n) is 19.7. The molecule has 0 aliphatic rings. The lowest BCUT2D eigenvalue weighted by Gasteiger charge is -2.22. The number of thiazole rings is 1. The van der Waals surface area contributed by atoms with Crippen molar-refractivity contribution >= 4 is 55.0 Å². The lowest BCUT2D eigenvalue weighted by atomic mass is 10.2. The van der Waals surface area contributed by atoms with Gasteiger partial charge in [0.1, 0.15) is 5.82 Å². The fraction of sp³-hybridized carbons (Fsp3) is 0.391. The quantitative estimate of drug-likeness (QED) is 0.388. The summed E-state index contributed by atoms with van der Waals surface area (Å²) in [6.07, 6.45) is 0.720. The maximum Gasteiger partial charge on any atom is 0.260 e. The van der Waals surface area contributed by atoms with E-state index in [0.29, 0.717) is 40.5 Å². The molecule has 186 valence electrons. The number of sulfonamides is 1. The molecule has 7 nitrogen and oxygen atoms in total. The second-order valence-electron chi connectivity index (χ2n) is 7.84. The number of amides is 1.